The number of anilines is 1. The predicted molar refractivity (Wildman–Crippen MR) is 125 cm³/mol. The van der Waals surface area contributed by atoms with Crippen LogP contribution in [0.5, 0.6) is 0 Å². The van der Waals surface area contributed by atoms with Crippen LogP contribution in [-0.2, 0) is 20.7 Å². The molecule has 1 aliphatic rings. The van der Waals surface area contributed by atoms with Crippen LogP contribution in [0.1, 0.15) is 25.3 Å². The first-order chi connectivity index (χ1) is 16.0. The Morgan fingerprint density at radius 3 is 2.55 bits per heavy atom. The zero-order valence-corrected chi connectivity index (χ0v) is 18.6. The van der Waals surface area contributed by atoms with Gasteiger partial charge in [-0.2, -0.15) is 0 Å². The van der Waals surface area contributed by atoms with Crippen LogP contribution >= 0.6 is 0 Å². The summed E-state index contributed by atoms with van der Waals surface area (Å²) in [5, 5.41) is 5.96. The molecular weight excluding hydrogens is 420 g/mol. The molecule has 168 valence electrons. The summed E-state index contributed by atoms with van der Waals surface area (Å²) >= 11 is 0. The number of rotatable bonds is 5. The van der Waals surface area contributed by atoms with Gasteiger partial charge < -0.3 is 19.8 Å². The molecule has 2 aromatic carbocycles. The minimum absolute atomic E-state index is 0.0363. The van der Waals surface area contributed by atoms with Crippen LogP contribution in [0.3, 0.4) is 0 Å². The predicted octanol–water partition coefficient (Wildman–Crippen LogP) is 4.30. The number of aryl methyl sites for hydroxylation is 1. The molecule has 2 N–H and O–H groups in total. The van der Waals surface area contributed by atoms with Gasteiger partial charge in [0.2, 0.25) is 11.8 Å². The number of ether oxygens (including phenoxy) is 1. The lowest BCUT2D eigenvalue weighted by Gasteiger charge is -2.13. The second kappa shape index (κ2) is 9.52. The Labute approximate surface area is 191 Å². The van der Waals surface area contributed by atoms with E-state index in [2.05, 4.69) is 20.6 Å². The van der Waals surface area contributed by atoms with Gasteiger partial charge in [-0.3, -0.25) is 4.79 Å². The molecular formula is C25H24N4O4. The number of fused-ring (bicyclic) bond motifs is 1. The summed E-state index contributed by atoms with van der Waals surface area (Å²) in [6.45, 7) is 5.42. The highest BCUT2D eigenvalue weighted by Crippen LogP contribution is 2.30. The van der Waals surface area contributed by atoms with Gasteiger partial charge in [0.1, 0.15) is 17.2 Å². The van der Waals surface area contributed by atoms with E-state index in [4.69, 9.17) is 9.15 Å². The average molecular weight is 444 g/mol. The molecule has 0 aliphatic carbocycles. The number of benzene rings is 2. The first kappa shape index (κ1) is 22.0. The number of allylic oxidation sites excluding steroid dienone is 1. The fourth-order valence-corrected chi connectivity index (χ4v) is 3.46. The number of para-hydroxylation sites is 2. The number of amidine groups is 1. The third-order valence-electron chi connectivity index (χ3n) is 5.05. The number of carbonyl (C=O) groups excluding carboxylic acids is 2. The van der Waals surface area contributed by atoms with Crippen LogP contribution in [0.15, 0.2) is 75.3 Å². The van der Waals surface area contributed by atoms with E-state index in [1.54, 1.807) is 26.8 Å². The number of aliphatic imine (C=N–C) groups is 1. The monoisotopic (exact) mass is 444 g/mol. The third kappa shape index (κ3) is 4.85. The van der Waals surface area contributed by atoms with Gasteiger partial charge in [0.25, 0.3) is 0 Å². The maximum absolute atomic E-state index is 13.0. The highest BCUT2D eigenvalue weighted by atomic mass is 16.5. The fourth-order valence-electron chi connectivity index (χ4n) is 3.46. The quantitative estimate of drug-likeness (QED) is 0.569. The number of esters is 1. The number of aromatic nitrogens is 1. The molecule has 0 saturated carbocycles. The standard InChI is InChI=1S/C25H24N4O4/c1-4-32-25(31)22-15(2)26-18-12-8-9-13-19(18)27-23(22)29-21(30)14-20-16(3)33-24(28-20)17-10-6-5-7-11-17/h5-13,26H,4,14H2,1-3H3,(H,27,29,30). The molecule has 1 aliphatic heterocycles. The first-order valence-electron chi connectivity index (χ1n) is 10.6. The van der Waals surface area contributed by atoms with Crippen molar-refractivity contribution >= 4 is 29.1 Å². The zero-order chi connectivity index (χ0) is 23.4. The van der Waals surface area contributed by atoms with Crippen molar-refractivity contribution in [3.63, 3.8) is 0 Å². The number of nitrogens with one attached hydrogen (secondary N) is 2. The second-order valence-corrected chi connectivity index (χ2v) is 7.44. The van der Waals surface area contributed by atoms with Gasteiger partial charge in [-0.15, -0.1) is 0 Å². The molecule has 33 heavy (non-hydrogen) atoms. The minimum Gasteiger partial charge on any atom is -0.462 e. The van der Waals surface area contributed by atoms with Gasteiger partial charge >= 0.3 is 5.97 Å². The number of nitrogens with zero attached hydrogens (tertiary/aromatic N) is 2. The summed E-state index contributed by atoms with van der Waals surface area (Å²) in [5.74, 6) is 0.176. The maximum Gasteiger partial charge on any atom is 0.343 e. The van der Waals surface area contributed by atoms with E-state index in [1.165, 1.54) is 0 Å². The molecule has 8 heteroatoms. The average Bonchev–Trinajstić information content (AvgIpc) is 3.08. The highest BCUT2D eigenvalue weighted by Gasteiger charge is 2.26. The fraction of sp³-hybridized carbons (Fsp3) is 0.200. The van der Waals surface area contributed by atoms with Crippen molar-refractivity contribution in [3.05, 3.63) is 77.3 Å². The van der Waals surface area contributed by atoms with E-state index in [0.29, 0.717) is 28.7 Å². The van der Waals surface area contributed by atoms with Gasteiger partial charge in [-0.1, -0.05) is 30.3 Å². The molecule has 0 unspecified atom stereocenters. The summed E-state index contributed by atoms with van der Waals surface area (Å²) in [6.07, 6.45) is -0.0363. The summed E-state index contributed by atoms with van der Waals surface area (Å²) in [4.78, 5) is 34.7. The van der Waals surface area contributed by atoms with E-state index in [9.17, 15) is 9.59 Å². The Hall–Kier alpha value is -4.20. The van der Waals surface area contributed by atoms with Crippen LogP contribution in [0, 0.1) is 6.92 Å². The molecule has 0 atom stereocenters. The van der Waals surface area contributed by atoms with Crippen LogP contribution in [-0.4, -0.2) is 29.3 Å². The second-order valence-electron chi connectivity index (χ2n) is 7.44. The van der Waals surface area contributed by atoms with E-state index >= 15 is 0 Å². The third-order valence-corrected chi connectivity index (χ3v) is 5.05. The first-order valence-corrected chi connectivity index (χ1v) is 10.6. The molecule has 2 heterocycles. The summed E-state index contributed by atoms with van der Waals surface area (Å²) in [5.41, 5.74) is 3.35. The molecule has 4 rings (SSSR count). The van der Waals surface area contributed by atoms with E-state index in [-0.39, 0.29) is 30.3 Å². The number of carbonyl (C=O) groups is 2. The molecule has 0 saturated heterocycles. The molecule has 0 radical (unpaired) electrons. The smallest absolute Gasteiger partial charge is 0.343 e. The molecule has 0 fully saturated rings. The Kier molecular flexibility index (Phi) is 6.35. The SMILES string of the molecule is CCOC(=O)C1=C(C)Nc2ccccc2N=C1NC(=O)Cc1nc(-c2ccccc2)oc1C. The van der Waals surface area contributed by atoms with Crippen LogP contribution < -0.4 is 10.6 Å². The van der Waals surface area contributed by atoms with Crippen molar-refractivity contribution in [3.8, 4) is 11.5 Å². The summed E-state index contributed by atoms with van der Waals surface area (Å²) in [7, 11) is 0. The normalized spacial score (nSPS) is 12.9. The Morgan fingerprint density at radius 2 is 1.79 bits per heavy atom. The zero-order valence-electron chi connectivity index (χ0n) is 18.6. The van der Waals surface area contributed by atoms with Crippen molar-refractivity contribution in [2.45, 2.75) is 27.2 Å². The number of oxazole rings is 1. The van der Waals surface area contributed by atoms with Crippen LogP contribution in [0.2, 0.25) is 0 Å². The van der Waals surface area contributed by atoms with Gasteiger partial charge in [0, 0.05) is 11.3 Å². The number of amides is 1. The molecule has 1 aromatic heterocycles. The maximum atomic E-state index is 13.0. The minimum atomic E-state index is -0.571. The highest BCUT2D eigenvalue weighted by molar-refractivity contribution is 6.24. The summed E-state index contributed by atoms with van der Waals surface area (Å²) in [6, 6.07) is 16.8. The van der Waals surface area contributed by atoms with Crippen molar-refractivity contribution in [2.24, 2.45) is 4.99 Å². The van der Waals surface area contributed by atoms with Gasteiger partial charge in [-0.25, -0.2) is 14.8 Å². The Balaban J connectivity index is 1.61. The lowest BCUT2D eigenvalue weighted by molar-refractivity contribution is -0.137. The van der Waals surface area contributed by atoms with E-state index in [0.717, 1.165) is 11.3 Å². The van der Waals surface area contributed by atoms with Crippen LogP contribution in [0.25, 0.3) is 11.5 Å². The van der Waals surface area contributed by atoms with Crippen LogP contribution in [0.4, 0.5) is 11.4 Å². The summed E-state index contributed by atoms with van der Waals surface area (Å²) < 4.78 is 11.0. The largest absolute Gasteiger partial charge is 0.462 e. The van der Waals surface area contributed by atoms with Crippen molar-refractivity contribution in [1.29, 1.82) is 0 Å². The molecule has 0 spiro atoms. The Bertz CT molecular complexity index is 1260. The van der Waals surface area contributed by atoms with E-state index in [1.807, 2.05) is 48.5 Å². The van der Waals surface area contributed by atoms with Crippen molar-refractivity contribution in [2.75, 3.05) is 11.9 Å². The van der Waals surface area contributed by atoms with Gasteiger partial charge in [-0.05, 0) is 45.0 Å². The number of hydrogen-bond donors (Lipinski definition) is 2. The molecule has 3 aromatic rings. The van der Waals surface area contributed by atoms with Gasteiger partial charge in [0.15, 0.2) is 0 Å². The van der Waals surface area contributed by atoms with Gasteiger partial charge in [0.05, 0.1) is 30.1 Å². The molecule has 0 bridgehead atoms. The Morgan fingerprint density at radius 1 is 1.06 bits per heavy atom. The lowest BCUT2D eigenvalue weighted by atomic mass is 10.1. The van der Waals surface area contributed by atoms with Crippen molar-refractivity contribution < 1.29 is 18.7 Å². The van der Waals surface area contributed by atoms with Crippen molar-refractivity contribution in [1.82, 2.24) is 10.3 Å². The topological polar surface area (TPSA) is 106 Å². The molecule has 8 nitrogen and oxygen atoms in total. The lowest BCUT2D eigenvalue weighted by Crippen LogP contribution is -2.36. The van der Waals surface area contributed by atoms with E-state index < -0.39 is 5.97 Å². The number of hydrogen-bond acceptors (Lipinski definition) is 7. The molecule has 1 amide bonds.